The first-order valence-corrected chi connectivity index (χ1v) is 12.6. The third-order valence-corrected chi connectivity index (χ3v) is 6.83. The Morgan fingerprint density at radius 2 is 1.61 bits per heavy atom. The minimum absolute atomic E-state index is 0.0166. The van der Waals surface area contributed by atoms with Crippen molar-refractivity contribution in [2.24, 2.45) is 0 Å². The van der Waals surface area contributed by atoms with E-state index in [0.717, 1.165) is 27.8 Å². The van der Waals surface area contributed by atoms with E-state index in [1.807, 2.05) is 64.1 Å². The number of nitrogens with zero attached hydrogens (tertiary/aromatic N) is 2. The Kier molecular flexibility index (Phi) is 6.76. The van der Waals surface area contributed by atoms with Gasteiger partial charge in [-0.3, -0.25) is 4.79 Å². The summed E-state index contributed by atoms with van der Waals surface area (Å²) < 4.78 is 33.9. The van der Waals surface area contributed by atoms with Gasteiger partial charge in [0.1, 0.15) is 17.1 Å². The Balaban J connectivity index is 1.80. The van der Waals surface area contributed by atoms with Crippen LogP contribution in [0.2, 0.25) is 0 Å². The van der Waals surface area contributed by atoms with E-state index in [9.17, 15) is 13.2 Å². The van der Waals surface area contributed by atoms with Crippen molar-refractivity contribution in [3.05, 3.63) is 94.7 Å². The van der Waals surface area contributed by atoms with Crippen LogP contribution >= 0.6 is 0 Å². The van der Waals surface area contributed by atoms with E-state index < -0.39 is 15.9 Å². The number of amides is 1. The Morgan fingerprint density at radius 3 is 2.28 bits per heavy atom. The normalized spacial score (nSPS) is 11.2. The lowest BCUT2D eigenvalue weighted by atomic mass is 10.0. The number of nitrogens with two attached hydrogens (primary N) is 1. The maximum atomic E-state index is 13.4. The van der Waals surface area contributed by atoms with Crippen molar-refractivity contribution in [1.29, 1.82) is 0 Å². The van der Waals surface area contributed by atoms with Gasteiger partial charge in [0.25, 0.3) is 15.9 Å². The molecule has 0 unspecified atom stereocenters. The summed E-state index contributed by atoms with van der Waals surface area (Å²) in [7, 11) is -4.30. The smallest absolute Gasteiger partial charge is 0.281 e. The Labute approximate surface area is 210 Å². The highest BCUT2D eigenvalue weighted by atomic mass is 32.2. The largest absolute Gasteiger partial charge is 0.438 e. The van der Waals surface area contributed by atoms with Crippen LogP contribution in [0.5, 0.6) is 11.6 Å². The number of sulfonamides is 1. The lowest BCUT2D eigenvalue weighted by Gasteiger charge is -2.16. The molecule has 0 fully saturated rings. The van der Waals surface area contributed by atoms with Gasteiger partial charge in [-0.1, -0.05) is 48.0 Å². The average molecular weight is 503 g/mol. The first-order chi connectivity index (χ1) is 17.0. The van der Waals surface area contributed by atoms with Gasteiger partial charge < -0.3 is 10.5 Å². The maximum Gasteiger partial charge on any atom is 0.281 e. The number of anilines is 1. The molecule has 0 spiro atoms. The molecular weight excluding hydrogens is 476 g/mol. The quantitative estimate of drug-likeness (QED) is 0.385. The van der Waals surface area contributed by atoms with Crippen molar-refractivity contribution >= 4 is 21.7 Å². The minimum Gasteiger partial charge on any atom is -0.438 e. The van der Waals surface area contributed by atoms with Crippen molar-refractivity contribution in [2.75, 3.05) is 5.73 Å². The fourth-order valence-corrected chi connectivity index (χ4v) is 4.92. The maximum absolute atomic E-state index is 13.4. The van der Waals surface area contributed by atoms with Gasteiger partial charge in [-0.2, -0.15) is 8.42 Å². The molecule has 0 bridgehead atoms. The monoisotopic (exact) mass is 502 g/mol. The molecule has 0 aliphatic heterocycles. The zero-order valence-corrected chi connectivity index (χ0v) is 21.2. The summed E-state index contributed by atoms with van der Waals surface area (Å²) in [6.45, 7) is 7.71. The molecule has 0 aliphatic carbocycles. The second kappa shape index (κ2) is 9.79. The van der Waals surface area contributed by atoms with Gasteiger partial charge in [0.15, 0.2) is 5.03 Å². The SMILES string of the molecule is Cc1cc(C)c(Oc2ncc(-c3ccccc3C)cc2C(=O)NS(=O)(=O)c2cccc(N)n2)c(C)c1. The Morgan fingerprint density at radius 1 is 0.917 bits per heavy atom. The third kappa shape index (κ3) is 5.21. The zero-order chi connectivity index (χ0) is 26.0. The van der Waals surface area contributed by atoms with Crippen LogP contribution in [-0.2, 0) is 10.0 Å². The molecule has 4 rings (SSSR count). The van der Waals surface area contributed by atoms with E-state index in [0.29, 0.717) is 11.3 Å². The number of nitrogens with one attached hydrogen (secondary N) is 1. The summed E-state index contributed by atoms with van der Waals surface area (Å²) in [4.78, 5) is 21.6. The number of carbonyl (C=O) groups excluding carboxylic acids is 1. The van der Waals surface area contributed by atoms with Crippen molar-refractivity contribution in [3.63, 3.8) is 0 Å². The van der Waals surface area contributed by atoms with Crippen LogP contribution in [-0.4, -0.2) is 24.3 Å². The number of benzene rings is 2. The number of hydrogen-bond donors (Lipinski definition) is 2. The van der Waals surface area contributed by atoms with Crippen molar-refractivity contribution in [3.8, 4) is 22.8 Å². The molecule has 0 aliphatic rings. The number of aryl methyl sites for hydroxylation is 4. The Hall–Kier alpha value is -4.24. The Bertz CT molecular complexity index is 1560. The molecule has 36 heavy (non-hydrogen) atoms. The molecule has 2 heterocycles. The summed E-state index contributed by atoms with van der Waals surface area (Å²) >= 11 is 0. The number of rotatable bonds is 6. The highest BCUT2D eigenvalue weighted by Crippen LogP contribution is 2.33. The predicted octanol–water partition coefficient (Wildman–Crippen LogP) is 4.87. The van der Waals surface area contributed by atoms with E-state index in [1.165, 1.54) is 18.2 Å². The van der Waals surface area contributed by atoms with Gasteiger partial charge in [0.05, 0.1) is 0 Å². The van der Waals surface area contributed by atoms with Gasteiger partial charge in [0, 0.05) is 11.8 Å². The predicted molar refractivity (Wildman–Crippen MR) is 138 cm³/mol. The van der Waals surface area contributed by atoms with E-state index >= 15 is 0 Å². The van der Waals surface area contributed by atoms with Crippen molar-refractivity contribution < 1.29 is 17.9 Å². The number of nitrogen functional groups attached to an aromatic ring is 1. The van der Waals surface area contributed by atoms with E-state index in [1.54, 1.807) is 12.3 Å². The molecule has 0 radical (unpaired) electrons. The van der Waals surface area contributed by atoms with Crippen LogP contribution < -0.4 is 15.2 Å². The molecule has 4 aromatic rings. The molecule has 1 amide bonds. The van der Waals surface area contributed by atoms with Gasteiger partial charge in [0.2, 0.25) is 5.88 Å². The second-order valence-corrected chi connectivity index (χ2v) is 10.2. The highest BCUT2D eigenvalue weighted by molar-refractivity contribution is 7.90. The van der Waals surface area contributed by atoms with Crippen LogP contribution in [0.4, 0.5) is 5.82 Å². The average Bonchev–Trinajstić information content (AvgIpc) is 2.81. The molecule has 184 valence electrons. The number of pyridine rings is 2. The lowest BCUT2D eigenvalue weighted by Crippen LogP contribution is -2.31. The molecule has 2 aromatic carbocycles. The van der Waals surface area contributed by atoms with E-state index in [2.05, 4.69) is 14.7 Å². The zero-order valence-electron chi connectivity index (χ0n) is 20.4. The molecule has 3 N–H and O–H groups in total. The van der Waals surface area contributed by atoms with Gasteiger partial charge in [-0.25, -0.2) is 14.7 Å². The fraction of sp³-hybridized carbons (Fsp3) is 0.148. The molecular formula is C27H26N4O4S. The first kappa shape index (κ1) is 24.9. The van der Waals surface area contributed by atoms with Crippen molar-refractivity contribution in [2.45, 2.75) is 32.7 Å². The summed E-state index contributed by atoms with van der Waals surface area (Å²) in [5, 5.41) is -0.369. The number of carbonyl (C=O) groups is 1. The third-order valence-electron chi connectivity index (χ3n) is 5.60. The fourth-order valence-electron chi connectivity index (χ4n) is 3.97. The van der Waals surface area contributed by atoms with Crippen LogP contribution in [0, 0.1) is 27.7 Å². The number of ether oxygens (including phenoxy) is 1. The summed E-state index contributed by atoms with van der Waals surface area (Å²) in [6.07, 6.45) is 1.60. The molecule has 0 saturated carbocycles. The molecule has 0 atom stereocenters. The van der Waals surface area contributed by atoms with Gasteiger partial charge >= 0.3 is 0 Å². The van der Waals surface area contributed by atoms with E-state index in [-0.39, 0.29) is 22.3 Å². The van der Waals surface area contributed by atoms with Crippen LogP contribution in [0.15, 0.2) is 71.9 Å². The van der Waals surface area contributed by atoms with E-state index in [4.69, 9.17) is 10.5 Å². The first-order valence-electron chi connectivity index (χ1n) is 11.2. The molecule has 8 nitrogen and oxygen atoms in total. The summed E-state index contributed by atoms with van der Waals surface area (Å²) in [6, 6.07) is 17.3. The molecule has 9 heteroatoms. The van der Waals surface area contributed by atoms with Crippen molar-refractivity contribution in [1.82, 2.24) is 14.7 Å². The van der Waals surface area contributed by atoms with Crippen LogP contribution in [0.1, 0.15) is 32.6 Å². The highest BCUT2D eigenvalue weighted by Gasteiger charge is 2.25. The summed E-state index contributed by atoms with van der Waals surface area (Å²) in [5.74, 6) is -0.357. The summed E-state index contributed by atoms with van der Waals surface area (Å²) in [5.41, 5.74) is 10.8. The van der Waals surface area contributed by atoms with Gasteiger partial charge in [-0.15, -0.1) is 0 Å². The molecule has 0 saturated heterocycles. The lowest BCUT2D eigenvalue weighted by molar-refractivity contribution is 0.0978. The van der Waals surface area contributed by atoms with Gasteiger partial charge in [-0.05, 0) is 68.1 Å². The second-order valence-electron chi connectivity index (χ2n) is 8.56. The minimum atomic E-state index is -4.30. The number of aromatic nitrogens is 2. The molecule has 2 aromatic heterocycles. The standard InChI is InChI=1S/C27H26N4O4S/c1-16-12-18(3)25(19(4)13-16)35-27-22(14-20(15-29-27)21-9-6-5-8-17(21)2)26(32)31-36(33,34)24-11-7-10-23(28)30-24/h5-15H,1-4H3,(H2,28,30)(H,31,32). The van der Waals surface area contributed by atoms with Crippen LogP contribution in [0.3, 0.4) is 0 Å². The topological polar surface area (TPSA) is 124 Å². The van der Waals surface area contributed by atoms with Crippen LogP contribution in [0.25, 0.3) is 11.1 Å². The number of hydrogen-bond acceptors (Lipinski definition) is 7.